The van der Waals surface area contributed by atoms with E-state index >= 15 is 0 Å². The molecule has 1 aliphatic heterocycles. The van der Waals surface area contributed by atoms with Crippen molar-refractivity contribution in [1.29, 1.82) is 0 Å². The minimum absolute atomic E-state index is 0.0756. The highest BCUT2D eigenvalue weighted by Crippen LogP contribution is 2.36. The van der Waals surface area contributed by atoms with Crippen molar-refractivity contribution in [2.45, 2.75) is 17.8 Å². The molecule has 2 rings (SSSR count). The van der Waals surface area contributed by atoms with Gasteiger partial charge in [0.05, 0.1) is 5.56 Å². The van der Waals surface area contributed by atoms with E-state index in [4.69, 9.17) is 0 Å². The van der Waals surface area contributed by atoms with Crippen molar-refractivity contribution in [3.8, 4) is 0 Å². The Morgan fingerprint density at radius 2 is 1.86 bits per heavy atom. The molecular weight excluding hydrogens is 382 g/mol. The number of alkyl halides is 3. The normalized spacial score (nSPS) is 20.1. The largest absolute Gasteiger partial charge is 0.416 e. The lowest BCUT2D eigenvalue weighted by atomic mass is 10.2. The fraction of sp³-hybridized carbons (Fsp3) is 0.364. The molecule has 21 heavy (non-hydrogen) atoms. The Morgan fingerprint density at radius 1 is 1.24 bits per heavy atom. The number of rotatable bonds is 2. The van der Waals surface area contributed by atoms with E-state index in [0.717, 1.165) is 17.0 Å². The van der Waals surface area contributed by atoms with E-state index in [2.05, 4.69) is 15.9 Å². The molecule has 116 valence electrons. The molecular formula is C11H8BrF4NO3S. The minimum Gasteiger partial charge on any atom is -0.311 e. The van der Waals surface area contributed by atoms with Gasteiger partial charge in [0, 0.05) is 23.1 Å². The third kappa shape index (κ3) is 3.54. The fourth-order valence-corrected chi connectivity index (χ4v) is 3.16. The average molecular weight is 390 g/mol. The molecule has 1 heterocycles. The van der Waals surface area contributed by atoms with E-state index in [9.17, 15) is 30.3 Å². The van der Waals surface area contributed by atoms with Crippen LogP contribution in [0.2, 0.25) is 0 Å². The van der Waals surface area contributed by atoms with E-state index in [1.165, 1.54) is 6.07 Å². The molecule has 1 aromatic rings. The average Bonchev–Trinajstić information content (AvgIpc) is 2.69. The predicted molar refractivity (Wildman–Crippen MR) is 69.9 cm³/mol. The predicted octanol–water partition coefficient (Wildman–Crippen LogP) is 2.87. The summed E-state index contributed by atoms with van der Waals surface area (Å²) in [6.07, 6.45) is -5.21. The maximum absolute atomic E-state index is 12.9. The van der Waals surface area contributed by atoms with Crippen LogP contribution in [-0.2, 0) is 21.2 Å². The van der Waals surface area contributed by atoms with Gasteiger partial charge in [-0.1, -0.05) is 15.9 Å². The zero-order valence-corrected chi connectivity index (χ0v) is 12.6. The maximum Gasteiger partial charge on any atom is 0.416 e. The highest BCUT2D eigenvalue weighted by Gasteiger charge is 2.40. The number of hydrogen-bond donors (Lipinski definition) is 0. The van der Waals surface area contributed by atoms with Crippen LogP contribution in [0.3, 0.4) is 0 Å². The van der Waals surface area contributed by atoms with Gasteiger partial charge < -0.3 is 4.90 Å². The van der Waals surface area contributed by atoms with Gasteiger partial charge in [0.15, 0.2) is 0 Å². The number of carbonyl (C=O) groups is 1. The third-order valence-electron chi connectivity index (χ3n) is 3.01. The van der Waals surface area contributed by atoms with Crippen molar-refractivity contribution < 1.29 is 30.3 Å². The molecule has 0 radical (unpaired) electrons. The Balaban J connectivity index is 2.39. The monoisotopic (exact) mass is 389 g/mol. The van der Waals surface area contributed by atoms with E-state index in [1.807, 2.05) is 0 Å². The van der Waals surface area contributed by atoms with Gasteiger partial charge in [-0.05, 0) is 18.2 Å². The van der Waals surface area contributed by atoms with E-state index in [0.29, 0.717) is 0 Å². The van der Waals surface area contributed by atoms with Gasteiger partial charge in [0.25, 0.3) is 0 Å². The molecule has 10 heteroatoms. The fourth-order valence-electron chi connectivity index (χ4n) is 2.01. The molecule has 0 N–H and O–H groups in total. The van der Waals surface area contributed by atoms with Crippen molar-refractivity contribution in [2.24, 2.45) is 0 Å². The first-order valence-corrected chi connectivity index (χ1v) is 7.84. The molecule has 0 spiro atoms. The van der Waals surface area contributed by atoms with Gasteiger partial charge in [-0.3, -0.25) is 4.79 Å². The molecule has 1 aromatic carbocycles. The van der Waals surface area contributed by atoms with Crippen LogP contribution in [0.5, 0.6) is 0 Å². The molecule has 1 aliphatic rings. The van der Waals surface area contributed by atoms with Crippen LogP contribution in [0.1, 0.15) is 12.0 Å². The second kappa shape index (κ2) is 5.24. The lowest BCUT2D eigenvalue weighted by Gasteiger charge is -2.18. The van der Waals surface area contributed by atoms with Crippen LogP contribution in [0.25, 0.3) is 0 Å². The van der Waals surface area contributed by atoms with Crippen LogP contribution < -0.4 is 4.90 Å². The van der Waals surface area contributed by atoms with E-state index in [-0.39, 0.29) is 10.2 Å². The summed E-state index contributed by atoms with van der Waals surface area (Å²) >= 11 is 2.90. The number of carbonyl (C=O) groups excluding carboxylic acids is 1. The SMILES string of the molecule is O=C1CC(S(=O)(=O)F)CN1c1cc(Br)cc(C(F)(F)F)c1. The number of anilines is 1. The van der Waals surface area contributed by atoms with Gasteiger partial charge in [0.2, 0.25) is 5.91 Å². The molecule has 0 bridgehead atoms. The summed E-state index contributed by atoms with van der Waals surface area (Å²) in [6.45, 7) is -0.509. The van der Waals surface area contributed by atoms with E-state index < -0.39 is 46.1 Å². The van der Waals surface area contributed by atoms with Gasteiger partial charge in [0.1, 0.15) is 5.25 Å². The summed E-state index contributed by atoms with van der Waals surface area (Å²) in [5.41, 5.74) is -1.13. The molecule has 1 atom stereocenters. The second-order valence-corrected chi connectivity index (χ2v) is 7.04. The van der Waals surface area contributed by atoms with Crippen LogP contribution in [0, 0.1) is 0 Å². The van der Waals surface area contributed by atoms with E-state index in [1.54, 1.807) is 0 Å². The Hall–Kier alpha value is -1.16. The van der Waals surface area contributed by atoms with Crippen LogP contribution in [0.4, 0.5) is 22.7 Å². The molecule has 1 saturated heterocycles. The molecule has 0 aromatic heterocycles. The standard InChI is InChI=1S/C11H8BrF4NO3S/c12-7-1-6(11(13,14)15)2-8(3-7)17-5-9(4-10(17)18)21(16,19)20/h1-3,9H,4-5H2. The lowest BCUT2D eigenvalue weighted by molar-refractivity contribution is -0.137. The highest BCUT2D eigenvalue weighted by molar-refractivity contribution is 9.10. The summed E-state index contributed by atoms with van der Waals surface area (Å²) in [5, 5.41) is -1.56. The maximum atomic E-state index is 12.9. The highest BCUT2D eigenvalue weighted by atomic mass is 79.9. The van der Waals surface area contributed by atoms with Crippen molar-refractivity contribution in [3.63, 3.8) is 0 Å². The first-order valence-electron chi connectivity index (χ1n) is 5.60. The first-order chi connectivity index (χ1) is 9.48. The Morgan fingerprint density at radius 3 is 2.33 bits per heavy atom. The number of amides is 1. The summed E-state index contributed by atoms with van der Waals surface area (Å²) in [5.74, 6) is -0.743. The van der Waals surface area contributed by atoms with Crippen molar-refractivity contribution in [2.75, 3.05) is 11.4 Å². The number of benzene rings is 1. The minimum atomic E-state index is -4.92. The van der Waals surface area contributed by atoms with Gasteiger partial charge in [-0.25, -0.2) is 0 Å². The molecule has 1 unspecified atom stereocenters. The molecule has 1 amide bonds. The number of hydrogen-bond acceptors (Lipinski definition) is 3. The summed E-state index contributed by atoms with van der Waals surface area (Å²) < 4.78 is 72.8. The molecule has 0 saturated carbocycles. The van der Waals surface area contributed by atoms with Gasteiger partial charge >= 0.3 is 16.4 Å². The summed E-state index contributed by atoms with van der Waals surface area (Å²) in [4.78, 5) is 12.5. The smallest absolute Gasteiger partial charge is 0.311 e. The van der Waals surface area contributed by atoms with Gasteiger partial charge in [-0.2, -0.15) is 21.6 Å². The van der Waals surface area contributed by atoms with Gasteiger partial charge in [-0.15, -0.1) is 3.89 Å². The molecule has 1 fully saturated rings. The summed E-state index contributed by atoms with van der Waals surface area (Å²) in [7, 11) is -4.92. The van der Waals surface area contributed by atoms with Crippen molar-refractivity contribution in [1.82, 2.24) is 0 Å². The van der Waals surface area contributed by atoms with Crippen LogP contribution in [-0.4, -0.2) is 26.1 Å². The number of halogens is 5. The topological polar surface area (TPSA) is 54.5 Å². The number of nitrogens with zero attached hydrogens (tertiary/aromatic N) is 1. The quantitative estimate of drug-likeness (QED) is 0.577. The molecule has 0 aliphatic carbocycles. The van der Waals surface area contributed by atoms with Crippen molar-refractivity contribution >= 4 is 37.7 Å². The first kappa shape index (κ1) is 16.2. The van der Waals surface area contributed by atoms with Crippen LogP contribution >= 0.6 is 15.9 Å². The second-order valence-electron chi connectivity index (χ2n) is 4.50. The zero-order valence-electron chi connectivity index (χ0n) is 10.2. The Labute approximate surface area is 126 Å². The molecule has 4 nitrogen and oxygen atoms in total. The lowest BCUT2D eigenvalue weighted by Crippen LogP contribution is -2.27. The van der Waals surface area contributed by atoms with Crippen molar-refractivity contribution in [3.05, 3.63) is 28.2 Å². The Bertz CT molecular complexity index is 689. The third-order valence-corrected chi connectivity index (χ3v) is 4.58. The Kier molecular flexibility index (Phi) is 4.04. The zero-order chi connectivity index (χ0) is 16.0. The van der Waals surface area contributed by atoms with Crippen LogP contribution in [0.15, 0.2) is 22.7 Å². The summed E-state index contributed by atoms with van der Waals surface area (Å²) in [6, 6.07) is 2.78.